The summed E-state index contributed by atoms with van der Waals surface area (Å²) in [4.78, 5) is 0. The minimum Gasteiger partial charge on any atom is -0.371 e. The number of rotatable bonds is 5. The minimum atomic E-state index is -0.0171. The summed E-state index contributed by atoms with van der Waals surface area (Å²) in [7, 11) is 0. The van der Waals surface area contributed by atoms with Crippen LogP contribution in [0.1, 0.15) is 58.1 Å². The normalized spacial score (nSPS) is 12.1. The Kier molecular flexibility index (Phi) is 4.55. The molecule has 0 aliphatic heterocycles. The van der Waals surface area contributed by atoms with E-state index in [1.54, 1.807) is 0 Å². The van der Waals surface area contributed by atoms with Crippen molar-refractivity contribution in [2.45, 2.75) is 59.2 Å². The van der Waals surface area contributed by atoms with Crippen molar-refractivity contribution >= 4 is 0 Å². The van der Waals surface area contributed by atoms with Crippen LogP contribution in [0.15, 0.2) is 24.3 Å². The molecule has 1 rings (SSSR count). The van der Waals surface area contributed by atoms with Gasteiger partial charge in [-0.25, -0.2) is 0 Å². The molecular weight excluding hydrogens is 196 g/mol. The lowest BCUT2D eigenvalue weighted by atomic mass is 10.0. The number of hydrogen-bond acceptors (Lipinski definition) is 1. The van der Waals surface area contributed by atoms with E-state index in [0.717, 1.165) is 6.42 Å². The van der Waals surface area contributed by atoms with Crippen molar-refractivity contribution in [2.24, 2.45) is 0 Å². The molecule has 0 heterocycles. The van der Waals surface area contributed by atoms with Crippen molar-refractivity contribution in [2.75, 3.05) is 0 Å². The van der Waals surface area contributed by atoms with E-state index in [1.807, 2.05) is 0 Å². The van der Waals surface area contributed by atoms with Crippen molar-refractivity contribution in [1.29, 1.82) is 0 Å². The molecule has 0 saturated carbocycles. The van der Waals surface area contributed by atoms with E-state index in [0.29, 0.717) is 12.5 Å². The Bertz CT molecular complexity index is 309. The van der Waals surface area contributed by atoms with Crippen LogP contribution in [0.2, 0.25) is 0 Å². The van der Waals surface area contributed by atoms with Crippen molar-refractivity contribution in [3.63, 3.8) is 0 Å². The Morgan fingerprint density at radius 3 is 2.12 bits per heavy atom. The van der Waals surface area contributed by atoms with Gasteiger partial charge in [-0.15, -0.1) is 0 Å². The zero-order valence-electron chi connectivity index (χ0n) is 11.2. The van der Waals surface area contributed by atoms with Crippen LogP contribution in [0.4, 0.5) is 0 Å². The third-order valence-corrected chi connectivity index (χ3v) is 3.13. The van der Waals surface area contributed by atoms with Crippen LogP contribution >= 0.6 is 0 Å². The number of ether oxygens (including phenoxy) is 1. The van der Waals surface area contributed by atoms with E-state index in [-0.39, 0.29) is 5.60 Å². The molecule has 1 heteroatoms. The van der Waals surface area contributed by atoms with Gasteiger partial charge in [-0.3, -0.25) is 0 Å². The third-order valence-electron chi connectivity index (χ3n) is 3.13. The predicted molar refractivity (Wildman–Crippen MR) is 69.7 cm³/mol. The van der Waals surface area contributed by atoms with Gasteiger partial charge in [0.1, 0.15) is 0 Å². The summed E-state index contributed by atoms with van der Waals surface area (Å²) in [6.07, 6.45) is 1.04. The summed E-state index contributed by atoms with van der Waals surface area (Å²) < 4.78 is 5.87. The fourth-order valence-electron chi connectivity index (χ4n) is 1.38. The van der Waals surface area contributed by atoms with Crippen molar-refractivity contribution in [1.82, 2.24) is 0 Å². The zero-order chi connectivity index (χ0) is 12.2. The smallest absolute Gasteiger partial charge is 0.0724 e. The Morgan fingerprint density at radius 2 is 1.69 bits per heavy atom. The zero-order valence-corrected chi connectivity index (χ0v) is 11.2. The van der Waals surface area contributed by atoms with E-state index < -0.39 is 0 Å². The lowest BCUT2D eigenvalue weighted by Crippen LogP contribution is -2.22. The van der Waals surface area contributed by atoms with Gasteiger partial charge in [0.05, 0.1) is 12.2 Å². The van der Waals surface area contributed by atoms with Crippen LogP contribution in [0, 0.1) is 0 Å². The molecule has 1 nitrogen and oxygen atoms in total. The van der Waals surface area contributed by atoms with Crippen molar-refractivity contribution < 1.29 is 4.74 Å². The molecule has 0 spiro atoms. The molecule has 16 heavy (non-hydrogen) atoms. The highest BCUT2D eigenvalue weighted by molar-refractivity contribution is 5.24. The second-order valence-electron chi connectivity index (χ2n) is 5.30. The quantitative estimate of drug-likeness (QED) is 0.709. The second kappa shape index (κ2) is 5.49. The van der Waals surface area contributed by atoms with Gasteiger partial charge in [0.25, 0.3) is 0 Å². The Morgan fingerprint density at radius 1 is 1.12 bits per heavy atom. The van der Waals surface area contributed by atoms with E-state index in [4.69, 9.17) is 4.74 Å². The first-order chi connectivity index (χ1) is 7.44. The van der Waals surface area contributed by atoms with Crippen LogP contribution in [0.3, 0.4) is 0 Å². The molecule has 0 unspecified atom stereocenters. The highest BCUT2D eigenvalue weighted by atomic mass is 16.5. The fourth-order valence-corrected chi connectivity index (χ4v) is 1.38. The Labute approximate surface area is 99.8 Å². The molecule has 0 aromatic heterocycles. The van der Waals surface area contributed by atoms with Crippen LogP contribution in [0.5, 0.6) is 0 Å². The molecule has 0 N–H and O–H groups in total. The monoisotopic (exact) mass is 220 g/mol. The molecule has 0 fully saturated rings. The third kappa shape index (κ3) is 3.97. The summed E-state index contributed by atoms with van der Waals surface area (Å²) in [5.41, 5.74) is 2.63. The first-order valence-corrected chi connectivity index (χ1v) is 6.17. The van der Waals surface area contributed by atoms with Gasteiger partial charge in [-0.2, -0.15) is 0 Å². The first-order valence-electron chi connectivity index (χ1n) is 6.17. The van der Waals surface area contributed by atoms with Gasteiger partial charge in [0.15, 0.2) is 0 Å². The standard InChI is InChI=1S/C15H24O/c1-6-15(4,5)16-11-13-7-9-14(10-8-13)12(2)3/h7-10,12H,6,11H2,1-5H3. The molecule has 0 radical (unpaired) electrons. The highest BCUT2D eigenvalue weighted by Gasteiger charge is 2.14. The van der Waals surface area contributed by atoms with E-state index in [2.05, 4.69) is 58.9 Å². The molecule has 1 aromatic carbocycles. The maximum atomic E-state index is 5.87. The minimum absolute atomic E-state index is 0.0171. The van der Waals surface area contributed by atoms with Crippen LogP contribution < -0.4 is 0 Å². The molecule has 0 bridgehead atoms. The van der Waals surface area contributed by atoms with Crippen LogP contribution in [-0.4, -0.2) is 5.60 Å². The molecule has 0 saturated heterocycles. The topological polar surface area (TPSA) is 9.23 Å². The highest BCUT2D eigenvalue weighted by Crippen LogP contribution is 2.18. The Balaban J connectivity index is 2.56. The summed E-state index contributed by atoms with van der Waals surface area (Å²) in [6, 6.07) is 8.73. The Hall–Kier alpha value is -0.820. The number of hydrogen-bond donors (Lipinski definition) is 0. The molecular formula is C15H24O. The van der Waals surface area contributed by atoms with Crippen molar-refractivity contribution in [3.8, 4) is 0 Å². The van der Waals surface area contributed by atoms with Gasteiger partial charge < -0.3 is 4.74 Å². The predicted octanol–water partition coefficient (Wildman–Crippen LogP) is 4.52. The van der Waals surface area contributed by atoms with Crippen LogP contribution in [-0.2, 0) is 11.3 Å². The molecule has 0 aliphatic carbocycles. The van der Waals surface area contributed by atoms with Gasteiger partial charge in [0, 0.05) is 0 Å². The fraction of sp³-hybridized carbons (Fsp3) is 0.600. The summed E-state index contributed by atoms with van der Waals surface area (Å²) in [5.74, 6) is 0.599. The summed E-state index contributed by atoms with van der Waals surface area (Å²) >= 11 is 0. The van der Waals surface area contributed by atoms with E-state index in [9.17, 15) is 0 Å². The SMILES string of the molecule is CCC(C)(C)OCc1ccc(C(C)C)cc1. The summed E-state index contributed by atoms with van der Waals surface area (Å²) in [5, 5.41) is 0. The van der Waals surface area contributed by atoms with Gasteiger partial charge in [0.2, 0.25) is 0 Å². The second-order valence-corrected chi connectivity index (χ2v) is 5.30. The lowest BCUT2D eigenvalue weighted by Gasteiger charge is -2.23. The summed E-state index contributed by atoms with van der Waals surface area (Å²) in [6.45, 7) is 11.6. The molecule has 90 valence electrons. The van der Waals surface area contributed by atoms with E-state index >= 15 is 0 Å². The average Bonchev–Trinajstić information content (AvgIpc) is 2.27. The van der Waals surface area contributed by atoms with E-state index in [1.165, 1.54) is 11.1 Å². The van der Waals surface area contributed by atoms with Crippen molar-refractivity contribution in [3.05, 3.63) is 35.4 Å². The first kappa shape index (κ1) is 13.2. The molecule has 0 atom stereocenters. The lowest BCUT2D eigenvalue weighted by molar-refractivity contribution is -0.0316. The van der Waals surface area contributed by atoms with Gasteiger partial charge in [-0.1, -0.05) is 45.0 Å². The largest absolute Gasteiger partial charge is 0.371 e. The molecule has 1 aromatic rings. The average molecular weight is 220 g/mol. The maximum absolute atomic E-state index is 5.87. The van der Waals surface area contributed by atoms with Crippen LogP contribution in [0.25, 0.3) is 0 Å². The van der Waals surface area contributed by atoms with Gasteiger partial charge in [-0.05, 0) is 37.3 Å². The maximum Gasteiger partial charge on any atom is 0.0724 e. The molecule has 0 amide bonds. The number of benzene rings is 1. The van der Waals surface area contributed by atoms with Gasteiger partial charge >= 0.3 is 0 Å². The molecule has 0 aliphatic rings.